The zero-order valence-corrected chi connectivity index (χ0v) is 7.81. The predicted molar refractivity (Wildman–Crippen MR) is 46.4 cm³/mol. The molecule has 0 radical (unpaired) electrons. The lowest BCUT2D eigenvalue weighted by Crippen LogP contribution is -2.47. The highest BCUT2D eigenvalue weighted by Gasteiger charge is 2.26. The van der Waals surface area contributed by atoms with Crippen LogP contribution in [-0.4, -0.2) is 19.4 Å². The minimum atomic E-state index is 0.313. The molecule has 11 heavy (non-hydrogen) atoms. The van der Waals surface area contributed by atoms with E-state index in [1.54, 1.807) is 0 Å². The molecule has 0 aromatic heterocycles. The van der Waals surface area contributed by atoms with Crippen LogP contribution >= 0.6 is 0 Å². The Balaban J connectivity index is 2.25. The van der Waals surface area contributed by atoms with Gasteiger partial charge in [-0.2, -0.15) is 0 Å². The van der Waals surface area contributed by atoms with Crippen LogP contribution in [0.5, 0.6) is 0 Å². The lowest BCUT2D eigenvalue weighted by Gasteiger charge is -2.35. The molecule has 1 atom stereocenters. The Bertz CT molecular complexity index is 113. The van der Waals surface area contributed by atoms with E-state index in [4.69, 9.17) is 4.74 Å². The number of nitrogens with one attached hydrogen (secondary N) is 1. The summed E-state index contributed by atoms with van der Waals surface area (Å²) in [5.74, 6) is 0. The summed E-state index contributed by atoms with van der Waals surface area (Å²) in [6.07, 6.45) is 2.64. The summed E-state index contributed by atoms with van der Waals surface area (Å²) in [6, 6.07) is 0. The van der Waals surface area contributed by atoms with Gasteiger partial charge in [0.15, 0.2) is 0 Å². The summed E-state index contributed by atoms with van der Waals surface area (Å²) >= 11 is 0. The van der Waals surface area contributed by atoms with Gasteiger partial charge in [0.05, 0.1) is 6.61 Å². The van der Waals surface area contributed by atoms with Gasteiger partial charge in [0.2, 0.25) is 0 Å². The molecule has 0 bridgehead atoms. The molecule has 2 nitrogen and oxygen atoms in total. The molecular formula is C9H19NO. The Hall–Kier alpha value is -0.0800. The van der Waals surface area contributed by atoms with Crippen molar-refractivity contribution in [3.05, 3.63) is 0 Å². The maximum atomic E-state index is 5.62. The summed E-state index contributed by atoms with van der Waals surface area (Å²) in [6.45, 7) is 8.61. The Morgan fingerprint density at radius 2 is 2.27 bits per heavy atom. The van der Waals surface area contributed by atoms with Crippen molar-refractivity contribution < 1.29 is 4.74 Å². The van der Waals surface area contributed by atoms with E-state index in [0.717, 1.165) is 19.6 Å². The summed E-state index contributed by atoms with van der Waals surface area (Å²) in [4.78, 5) is 0. The number of hydrogen-bond donors (Lipinski definition) is 1. The zero-order valence-electron chi connectivity index (χ0n) is 7.81. The van der Waals surface area contributed by atoms with Crippen LogP contribution in [0.1, 0.15) is 33.6 Å². The number of hydrogen-bond acceptors (Lipinski definition) is 2. The second kappa shape index (κ2) is 3.55. The van der Waals surface area contributed by atoms with E-state index in [1.165, 1.54) is 6.42 Å². The van der Waals surface area contributed by atoms with Gasteiger partial charge >= 0.3 is 0 Å². The Labute approximate surface area is 69.3 Å². The molecule has 1 fully saturated rings. The van der Waals surface area contributed by atoms with Gasteiger partial charge < -0.3 is 4.74 Å². The van der Waals surface area contributed by atoms with Crippen LogP contribution in [0.15, 0.2) is 0 Å². The van der Waals surface area contributed by atoms with E-state index in [0.29, 0.717) is 11.6 Å². The van der Waals surface area contributed by atoms with E-state index >= 15 is 0 Å². The SMILES string of the molecule is CCCC1NCC(C)(C)CO1. The monoisotopic (exact) mass is 157 g/mol. The molecular weight excluding hydrogens is 138 g/mol. The van der Waals surface area contributed by atoms with Gasteiger partial charge in [0, 0.05) is 12.0 Å². The third-order valence-corrected chi connectivity index (χ3v) is 2.03. The summed E-state index contributed by atoms with van der Waals surface area (Å²) in [7, 11) is 0. The first-order valence-corrected chi connectivity index (χ1v) is 4.49. The average molecular weight is 157 g/mol. The molecule has 1 rings (SSSR count). The first-order chi connectivity index (χ1) is 5.14. The van der Waals surface area contributed by atoms with Gasteiger partial charge in [0.25, 0.3) is 0 Å². The Morgan fingerprint density at radius 3 is 2.73 bits per heavy atom. The van der Waals surface area contributed by atoms with Gasteiger partial charge in [-0.1, -0.05) is 27.2 Å². The van der Waals surface area contributed by atoms with Crippen molar-refractivity contribution in [3.63, 3.8) is 0 Å². The van der Waals surface area contributed by atoms with Crippen molar-refractivity contribution in [1.82, 2.24) is 5.32 Å². The second-order valence-electron chi connectivity index (χ2n) is 4.13. The molecule has 0 aromatic carbocycles. The maximum Gasteiger partial charge on any atom is 0.108 e. The van der Waals surface area contributed by atoms with Gasteiger partial charge in [-0.25, -0.2) is 0 Å². The van der Waals surface area contributed by atoms with Crippen LogP contribution in [-0.2, 0) is 4.74 Å². The summed E-state index contributed by atoms with van der Waals surface area (Å²) in [5.41, 5.74) is 0.324. The normalized spacial score (nSPS) is 30.3. The van der Waals surface area contributed by atoms with Gasteiger partial charge in [-0.15, -0.1) is 0 Å². The van der Waals surface area contributed by atoms with Crippen molar-refractivity contribution in [1.29, 1.82) is 0 Å². The third-order valence-electron chi connectivity index (χ3n) is 2.03. The fraction of sp³-hybridized carbons (Fsp3) is 1.00. The molecule has 0 saturated carbocycles. The van der Waals surface area contributed by atoms with Crippen molar-refractivity contribution in [2.24, 2.45) is 5.41 Å². The van der Waals surface area contributed by atoms with E-state index in [-0.39, 0.29) is 0 Å². The third kappa shape index (κ3) is 2.80. The molecule has 1 N–H and O–H groups in total. The fourth-order valence-corrected chi connectivity index (χ4v) is 1.27. The minimum absolute atomic E-state index is 0.313. The summed E-state index contributed by atoms with van der Waals surface area (Å²) in [5, 5.41) is 3.39. The molecule has 1 saturated heterocycles. The van der Waals surface area contributed by atoms with Gasteiger partial charge in [0.1, 0.15) is 6.23 Å². The van der Waals surface area contributed by atoms with Gasteiger partial charge in [-0.3, -0.25) is 5.32 Å². The standard InChI is InChI=1S/C9H19NO/c1-4-5-8-10-6-9(2,3)7-11-8/h8,10H,4-7H2,1-3H3. The highest BCUT2D eigenvalue weighted by molar-refractivity contribution is 4.76. The van der Waals surface area contributed by atoms with Crippen LogP contribution in [0.4, 0.5) is 0 Å². The number of rotatable bonds is 2. The van der Waals surface area contributed by atoms with Crippen LogP contribution in [0.25, 0.3) is 0 Å². The van der Waals surface area contributed by atoms with E-state index in [1.807, 2.05) is 0 Å². The zero-order chi connectivity index (χ0) is 8.32. The van der Waals surface area contributed by atoms with Crippen LogP contribution in [0.3, 0.4) is 0 Å². The summed E-state index contributed by atoms with van der Waals surface area (Å²) < 4.78 is 5.62. The second-order valence-corrected chi connectivity index (χ2v) is 4.13. The Morgan fingerprint density at radius 1 is 1.55 bits per heavy atom. The first kappa shape index (κ1) is 9.01. The molecule has 0 aliphatic carbocycles. The highest BCUT2D eigenvalue weighted by atomic mass is 16.5. The minimum Gasteiger partial charge on any atom is -0.363 e. The molecule has 66 valence electrons. The highest BCUT2D eigenvalue weighted by Crippen LogP contribution is 2.20. The molecule has 0 amide bonds. The predicted octanol–water partition coefficient (Wildman–Crippen LogP) is 1.76. The molecule has 1 unspecified atom stereocenters. The average Bonchev–Trinajstić information content (AvgIpc) is 1.94. The largest absolute Gasteiger partial charge is 0.363 e. The van der Waals surface area contributed by atoms with Crippen molar-refractivity contribution >= 4 is 0 Å². The maximum absolute atomic E-state index is 5.62. The number of ether oxygens (including phenoxy) is 1. The Kier molecular flexibility index (Phi) is 2.90. The molecule has 2 heteroatoms. The van der Waals surface area contributed by atoms with E-state index in [9.17, 15) is 0 Å². The van der Waals surface area contributed by atoms with E-state index < -0.39 is 0 Å². The fourth-order valence-electron chi connectivity index (χ4n) is 1.27. The topological polar surface area (TPSA) is 21.3 Å². The van der Waals surface area contributed by atoms with Crippen LogP contribution in [0, 0.1) is 5.41 Å². The molecule has 1 aliphatic rings. The molecule has 1 aliphatic heterocycles. The molecule has 0 spiro atoms. The van der Waals surface area contributed by atoms with Crippen molar-refractivity contribution in [2.45, 2.75) is 39.8 Å². The lowest BCUT2D eigenvalue weighted by molar-refractivity contribution is -0.0609. The quantitative estimate of drug-likeness (QED) is 0.659. The van der Waals surface area contributed by atoms with Crippen LogP contribution in [0.2, 0.25) is 0 Å². The molecule has 1 heterocycles. The lowest BCUT2D eigenvalue weighted by atomic mass is 9.93. The van der Waals surface area contributed by atoms with Crippen molar-refractivity contribution in [2.75, 3.05) is 13.2 Å². The van der Waals surface area contributed by atoms with Crippen LogP contribution < -0.4 is 5.32 Å². The van der Waals surface area contributed by atoms with E-state index in [2.05, 4.69) is 26.1 Å². The first-order valence-electron chi connectivity index (χ1n) is 4.49. The van der Waals surface area contributed by atoms with Crippen molar-refractivity contribution in [3.8, 4) is 0 Å². The van der Waals surface area contributed by atoms with Gasteiger partial charge in [-0.05, 0) is 6.42 Å². The smallest absolute Gasteiger partial charge is 0.108 e. The molecule has 0 aromatic rings.